The van der Waals surface area contributed by atoms with Gasteiger partial charge in [0.1, 0.15) is 0 Å². The predicted molar refractivity (Wildman–Crippen MR) is 44.8 cm³/mol. The van der Waals surface area contributed by atoms with Crippen molar-refractivity contribution >= 4 is 23.3 Å². The van der Waals surface area contributed by atoms with Crippen LogP contribution in [0.3, 0.4) is 0 Å². The normalized spacial score (nSPS) is 11.4. The first-order chi connectivity index (χ1) is 6.07. The molecule has 0 aliphatic rings. The fourth-order valence-electron chi connectivity index (χ4n) is 1.16. The molecule has 0 bridgehead atoms. The smallest absolute Gasteiger partial charge is 0.445 e. The van der Waals surface area contributed by atoms with E-state index in [1.54, 1.807) is 0 Å². The summed E-state index contributed by atoms with van der Waals surface area (Å²) in [6.45, 7) is -4.91. The number of H-pyrrole nitrogens is 1. The van der Waals surface area contributed by atoms with Gasteiger partial charge in [-0.1, -0.05) is 12.1 Å². The monoisotopic (exact) mass is 224 g/mol. The van der Waals surface area contributed by atoms with Gasteiger partial charge in [0.05, 0.1) is 11.7 Å². The first-order valence-corrected chi connectivity index (χ1v) is 3.70. The second-order valence-corrected chi connectivity index (χ2v) is 2.79. The third-order valence-corrected chi connectivity index (χ3v) is 1.84. The molecular weight excluding hydrogens is 219 g/mol. The molecule has 0 unspecified atom stereocenters. The van der Waals surface area contributed by atoms with Crippen molar-refractivity contribution in [3.63, 3.8) is 0 Å². The van der Waals surface area contributed by atoms with Crippen molar-refractivity contribution in [3.8, 4) is 0 Å². The summed E-state index contributed by atoms with van der Waals surface area (Å²) < 4.78 is 36.8. The molecule has 0 radical (unpaired) electrons. The second kappa shape index (κ2) is 4.36. The Morgan fingerprint density at radius 1 is 1.21 bits per heavy atom. The zero-order valence-electron chi connectivity index (χ0n) is 7.47. The number of aromatic amines is 1. The van der Waals surface area contributed by atoms with E-state index in [4.69, 9.17) is 0 Å². The fourth-order valence-corrected chi connectivity index (χ4v) is 1.16. The van der Waals surface area contributed by atoms with Crippen LogP contribution < -0.4 is 56.8 Å². The molecule has 1 N–H and O–H groups in total. The Morgan fingerprint density at radius 3 is 2.57 bits per heavy atom. The SMILES string of the molecule is F[B-](F)(F)c1ccc2[nH]ncc2c1.[K+]. The Kier molecular flexibility index (Phi) is 3.82. The van der Waals surface area contributed by atoms with E-state index in [1.165, 1.54) is 12.3 Å². The van der Waals surface area contributed by atoms with E-state index in [0.717, 1.165) is 12.1 Å². The minimum atomic E-state index is -4.91. The maximum absolute atomic E-state index is 12.3. The molecule has 0 atom stereocenters. The maximum Gasteiger partial charge on any atom is 1.00 e. The first kappa shape index (κ1) is 12.3. The zero-order chi connectivity index (χ0) is 9.47. The predicted octanol–water partition coefficient (Wildman–Crippen LogP) is -1.38. The molecule has 0 aliphatic carbocycles. The number of aromatic nitrogens is 2. The van der Waals surface area contributed by atoms with Crippen molar-refractivity contribution in [2.24, 2.45) is 0 Å². The zero-order valence-corrected chi connectivity index (χ0v) is 10.6. The van der Waals surface area contributed by atoms with Gasteiger partial charge in [0, 0.05) is 5.39 Å². The number of rotatable bonds is 1. The summed E-state index contributed by atoms with van der Waals surface area (Å²) in [7, 11) is 0. The summed E-state index contributed by atoms with van der Waals surface area (Å²) in [6.07, 6.45) is 1.38. The summed E-state index contributed by atoms with van der Waals surface area (Å²) in [5.74, 6) is 0. The minimum Gasteiger partial charge on any atom is -0.445 e. The third kappa shape index (κ3) is 2.40. The molecular formula is C7H5BF3KN2. The van der Waals surface area contributed by atoms with Crippen molar-refractivity contribution in [1.29, 1.82) is 0 Å². The Labute approximate surface area is 121 Å². The number of fused-ring (bicyclic) bond motifs is 1. The third-order valence-electron chi connectivity index (χ3n) is 1.84. The van der Waals surface area contributed by atoms with Gasteiger partial charge in [-0.05, 0) is 6.07 Å². The van der Waals surface area contributed by atoms with E-state index in [1.807, 2.05) is 0 Å². The molecule has 2 nitrogen and oxygen atoms in total. The maximum atomic E-state index is 12.3. The van der Waals surface area contributed by atoms with E-state index in [2.05, 4.69) is 10.2 Å². The van der Waals surface area contributed by atoms with Crippen LogP contribution in [0.2, 0.25) is 0 Å². The van der Waals surface area contributed by atoms with Crippen LogP contribution in [0.5, 0.6) is 0 Å². The molecule has 2 rings (SSSR count). The Morgan fingerprint density at radius 2 is 1.93 bits per heavy atom. The summed E-state index contributed by atoms with van der Waals surface area (Å²) in [5, 5.41) is 6.71. The van der Waals surface area contributed by atoms with Crippen molar-refractivity contribution in [3.05, 3.63) is 24.4 Å². The van der Waals surface area contributed by atoms with Crippen molar-refractivity contribution in [2.75, 3.05) is 0 Å². The van der Waals surface area contributed by atoms with Crippen LogP contribution in [0.4, 0.5) is 12.9 Å². The standard InChI is InChI=1S/C7H5BF3N2.K/c9-8(10,11)6-1-2-7-5(3-6)4-12-13-7;/h1-4H,(H,12,13);/q-1;+1. The molecule has 68 valence electrons. The summed E-state index contributed by atoms with van der Waals surface area (Å²) in [4.78, 5) is 0. The van der Waals surface area contributed by atoms with Gasteiger partial charge >= 0.3 is 58.4 Å². The first-order valence-electron chi connectivity index (χ1n) is 3.70. The van der Waals surface area contributed by atoms with Gasteiger partial charge in [-0.15, -0.1) is 5.46 Å². The van der Waals surface area contributed by atoms with E-state index in [9.17, 15) is 12.9 Å². The van der Waals surface area contributed by atoms with Gasteiger partial charge in [0.25, 0.3) is 0 Å². The van der Waals surface area contributed by atoms with E-state index in [0.29, 0.717) is 10.9 Å². The average Bonchev–Trinajstić information content (AvgIpc) is 2.47. The quantitative estimate of drug-likeness (QED) is 0.594. The molecule has 1 heterocycles. The Balaban J connectivity index is 0.000000980. The van der Waals surface area contributed by atoms with Crippen molar-refractivity contribution in [2.45, 2.75) is 0 Å². The van der Waals surface area contributed by atoms with Crippen molar-refractivity contribution < 1.29 is 64.3 Å². The van der Waals surface area contributed by atoms with Gasteiger partial charge < -0.3 is 12.9 Å². The number of hydrogen-bond donors (Lipinski definition) is 1. The minimum absolute atomic E-state index is 0. The topological polar surface area (TPSA) is 28.7 Å². The number of benzene rings is 1. The number of hydrogen-bond acceptors (Lipinski definition) is 1. The Bertz CT molecular complexity index is 440. The van der Waals surface area contributed by atoms with Crippen LogP contribution >= 0.6 is 0 Å². The molecule has 0 amide bonds. The number of nitrogens with zero attached hydrogens (tertiary/aromatic N) is 1. The van der Waals surface area contributed by atoms with Crippen LogP contribution in [-0.4, -0.2) is 17.2 Å². The Hall–Kier alpha value is 0.181. The van der Waals surface area contributed by atoms with Crippen LogP contribution in [0.15, 0.2) is 24.4 Å². The summed E-state index contributed by atoms with van der Waals surface area (Å²) >= 11 is 0. The number of halogens is 3. The van der Waals surface area contributed by atoms with Crippen LogP contribution in [0.1, 0.15) is 0 Å². The van der Waals surface area contributed by atoms with E-state index >= 15 is 0 Å². The van der Waals surface area contributed by atoms with Gasteiger partial charge in [0.2, 0.25) is 0 Å². The molecule has 1 aromatic carbocycles. The van der Waals surface area contributed by atoms with Gasteiger partial charge in [0.15, 0.2) is 0 Å². The van der Waals surface area contributed by atoms with Gasteiger partial charge in [-0.3, -0.25) is 5.10 Å². The second-order valence-electron chi connectivity index (χ2n) is 2.79. The molecule has 0 fully saturated rings. The molecule has 14 heavy (non-hydrogen) atoms. The molecule has 0 saturated heterocycles. The molecule has 2 aromatic rings. The van der Waals surface area contributed by atoms with Crippen LogP contribution in [0.25, 0.3) is 10.9 Å². The molecule has 1 aromatic heterocycles. The largest absolute Gasteiger partial charge is 1.00 e. The molecule has 0 aliphatic heterocycles. The van der Waals surface area contributed by atoms with Gasteiger partial charge in [-0.2, -0.15) is 5.10 Å². The van der Waals surface area contributed by atoms with Gasteiger partial charge in [-0.25, -0.2) is 0 Å². The van der Waals surface area contributed by atoms with Crippen LogP contribution in [-0.2, 0) is 0 Å². The van der Waals surface area contributed by atoms with E-state index in [-0.39, 0.29) is 51.4 Å². The number of nitrogens with one attached hydrogen (secondary N) is 1. The van der Waals surface area contributed by atoms with Crippen molar-refractivity contribution in [1.82, 2.24) is 10.2 Å². The van der Waals surface area contributed by atoms with E-state index < -0.39 is 12.4 Å². The van der Waals surface area contributed by atoms with Crippen LogP contribution in [0, 0.1) is 0 Å². The molecule has 7 heteroatoms. The molecule has 0 saturated carbocycles. The average molecular weight is 224 g/mol. The summed E-state index contributed by atoms with van der Waals surface area (Å²) in [5.41, 5.74) is 0.0256. The summed E-state index contributed by atoms with van der Waals surface area (Å²) in [6, 6.07) is 3.53. The molecule has 0 spiro atoms. The fraction of sp³-hybridized carbons (Fsp3) is 0.